The highest BCUT2D eigenvalue weighted by atomic mass is 32.2. The van der Waals surface area contributed by atoms with Crippen molar-refractivity contribution in [1.82, 2.24) is 20.4 Å². The van der Waals surface area contributed by atoms with Crippen molar-refractivity contribution in [3.63, 3.8) is 0 Å². The maximum absolute atomic E-state index is 12.9. The first kappa shape index (κ1) is 14.9. The van der Waals surface area contributed by atoms with Crippen LogP contribution in [0.2, 0.25) is 0 Å². The van der Waals surface area contributed by atoms with Gasteiger partial charge in [0.05, 0.1) is 0 Å². The minimum atomic E-state index is -0.519. The van der Waals surface area contributed by atoms with E-state index in [4.69, 9.17) is 0 Å². The van der Waals surface area contributed by atoms with Gasteiger partial charge >= 0.3 is 0 Å². The Balaban J connectivity index is 1.72. The molecule has 1 unspecified atom stereocenters. The topological polar surface area (TPSA) is 59.0 Å². The highest BCUT2D eigenvalue weighted by Gasteiger charge is 2.42. The van der Waals surface area contributed by atoms with Gasteiger partial charge in [-0.1, -0.05) is 0 Å². The van der Waals surface area contributed by atoms with Crippen LogP contribution in [0.25, 0.3) is 0 Å². The number of nitrogens with zero attached hydrogens (tertiary/aromatic N) is 2. The largest absolute Gasteiger partial charge is 0.353 e. The van der Waals surface area contributed by atoms with Crippen molar-refractivity contribution in [3.05, 3.63) is 18.5 Å². The Morgan fingerprint density at radius 2 is 2.24 bits per heavy atom. The minimum absolute atomic E-state index is 0.126. The van der Waals surface area contributed by atoms with Crippen LogP contribution in [-0.2, 0) is 10.3 Å². The molecule has 3 rings (SSSR count). The van der Waals surface area contributed by atoms with Crippen LogP contribution in [0.4, 0.5) is 0 Å². The number of aromatic nitrogens is 2. The van der Waals surface area contributed by atoms with Crippen molar-refractivity contribution < 1.29 is 4.79 Å². The molecule has 2 aliphatic rings. The van der Waals surface area contributed by atoms with Crippen molar-refractivity contribution in [2.24, 2.45) is 0 Å². The molecule has 0 radical (unpaired) electrons. The monoisotopic (exact) mass is 308 g/mol. The Morgan fingerprint density at radius 1 is 1.43 bits per heavy atom. The third-order valence-electron chi connectivity index (χ3n) is 4.72. The summed E-state index contributed by atoms with van der Waals surface area (Å²) < 4.78 is 2.06. The standard InChI is InChI=1S/C15H24N4OS/c1-14(4-2-11-21-14)12-17-13(20)15(5-8-16-9-6-15)19-10-3-7-18-19/h3,7,10,16H,2,4-6,8-9,11-12H2,1H3,(H,17,20). The van der Waals surface area contributed by atoms with Crippen LogP contribution in [0, 0.1) is 0 Å². The van der Waals surface area contributed by atoms with Crippen LogP contribution >= 0.6 is 11.8 Å². The van der Waals surface area contributed by atoms with Crippen LogP contribution in [0.1, 0.15) is 32.6 Å². The number of carbonyl (C=O) groups excluding carboxylic acids is 1. The summed E-state index contributed by atoms with van der Waals surface area (Å²) >= 11 is 1.98. The predicted molar refractivity (Wildman–Crippen MR) is 85.4 cm³/mol. The fourth-order valence-corrected chi connectivity index (χ4v) is 4.57. The van der Waals surface area contributed by atoms with E-state index >= 15 is 0 Å². The molecule has 2 saturated heterocycles. The number of nitrogens with one attached hydrogen (secondary N) is 2. The molecule has 0 bridgehead atoms. The van der Waals surface area contributed by atoms with Gasteiger partial charge in [0.25, 0.3) is 0 Å². The summed E-state index contributed by atoms with van der Waals surface area (Å²) in [5, 5.41) is 10.9. The van der Waals surface area contributed by atoms with E-state index in [9.17, 15) is 4.79 Å². The van der Waals surface area contributed by atoms with Crippen LogP contribution in [0.3, 0.4) is 0 Å². The third-order valence-corrected chi connectivity index (χ3v) is 6.26. The van der Waals surface area contributed by atoms with Gasteiger partial charge < -0.3 is 10.6 Å². The van der Waals surface area contributed by atoms with E-state index in [0.29, 0.717) is 0 Å². The Morgan fingerprint density at radius 3 is 2.86 bits per heavy atom. The predicted octanol–water partition coefficient (Wildman–Crippen LogP) is 1.36. The molecule has 0 saturated carbocycles. The second-order valence-corrected chi connectivity index (χ2v) is 8.00. The summed E-state index contributed by atoms with van der Waals surface area (Å²) in [6.07, 6.45) is 7.70. The zero-order valence-electron chi connectivity index (χ0n) is 12.6. The molecule has 1 aromatic heterocycles. The van der Waals surface area contributed by atoms with Crippen LogP contribution in [0.15, 0.2) is 18.5 Å². The number of rotatable bonds is 4. The molecule has 2 fully saturated rings. The second-order valence-electron chi connectivity index (χ2n) is 6.32. The first-order chi connectivity index (χ1) is 10.1. The van der Waals surface area contributed by atoms with E-state index in [1.54, 1.807) is 6.20 Å². The Labute approximate surface area is 130 Å². The number of hydrogen-bond donors (Lipinski definition) is 2. The van der Waals surface area contributed by atoms with Gasteiger partial charge in [-0.2, -0.15) is 16.9 Å². The van der Waals surface area contributed by atoms with Gasteiger partial charge in [0, 0.05) is 23.7 Å². The molecule has 0 aliphatic carbocycles. The molecular formula is C15H24N4OS. The molecule has 116 valence electrons. The molecular weight excluding hydrogens is 284 g/mol. The zero-order valence-corrected chi connectivity index (χ0v) is 13.4. The minimum Gasteiger partial charge on any atom is -0.353 e. The molecule has 1 aromatic rings. The van der Waals surface area contributed by atoms with Crippen molar-refractivity contribution in [3.8, 4) is 0 Å². The SMILES string of the molecule is CC1(CNC(=O)C2(n3cccn3)CCNCC2)CCCS1. The molecule has 0 aromatic carbocycles. The molecule has 3 heterocycles. The van der Waals surface area contributed by atoms with E-state index in [-0.39, 0.29) is 10.7 Å². The van der Waals surface area contributed by atoms with Crippen molar-refractivity contribution in [1.29, 1.82) is 0 Å². The lowest BCUT2D eigenvalue weighted by molar-refractivity contribution is -0.132. The molecule has 21 heavy (non-hydrogen) atoms. The first-order valence-electron chi connectivity index (χ1n) is 7.78. The molecule has 0 spiro atoms. The number of hydrogen-bond acceptors (Lipinski definition) is 4. The van der Waals surface area contributed by atoms with Gasteiger partial charge in [0.1, 0.15) is 5.54 Å². The maximum Gasteiger partial charge on any atom is 0.248 e. The van der Waals surface area contributed by atoms with E-state index in [0.717, 1.165) is 32.5 Å². The van der Waals surface area contributed by atoms with Crippen molar-refractivity contribution >= 4 is 17.7 Å². The van der Waals surface area contributed by atoms with Gasteiger partial charge in [-0.05, 0) is 57.5 Å². The van der Waals surface area contributed by atoms with Crippen molar-refractivity contribution in [2.45, 2.75) is 42.9 Å². The smallest absolute Gasteiger partial charge is 0.248 e. The quantitative estimate of drug-likeness (QED) is 0.882. The lowest BCUT2D eigenvalue weighted by Crippen LogP contribution is -2.56. The number of thioether (sulfide) groups is 1. The van der Waals surface area contributed by atoms with Crippen LogP contribution in [-0.4, -0.2) is 45.8 Å². The molecule has 2 aliphatic heterocycles. The summed E-state index contributed by atoms with van der Waals surface area (Å²) in [5.74, 6) is 1.34. The molecule has 2 N–H and O–H groups in total. The summed E-state index contributed by atoms with van der Waals surface area (Å²) in [6, 6.07) is 1.89. The highest BCUT2D eigenvalue weighted by Crippen LogP contribution is 2.37. The number of piperidine rings is 1. The maximum atomic E-state index is 12.9. The zero-order chi connectivity index (χ0) is 14.8. The van der Waals surface area contributed by atoms with Gasteiger partial charge in [0.2, 0.25) is 5.91 Å². The van der Waals surface area contributed by atoms with Gasteiger partial charge in [0.15, 0.2) is 0 Å². The van der Waals surface area contributed by atoms with Crippen LogP contribution in [0.5, 0.6) is 0 Å². The number of carbonyl (C=O) groups is 1. The lowest BCUT2D eigenvalue weighted by Gasteiger charge is -2.37. The molecule has 1 amide bonds. The normalized spacial score (nSPS) is 28.4. The lowest BCUT2D eigenvalue weighted by atomic mass is 9.87. The second kappa shape index (κ2) is 6.01. The average Bonchev–Trinajstić information content (AvgIpc) is 3.18. The Hall–Kier alpha value is -1.01. The van der Waals surface area contributed by atoms with Gasteiger partial charge in [-0.3, -0.25) is 9.48 Å². The summed E-state index contributed by atoms with van der Waals surface area (Å²) in [6.45, 7) is 4.74. The average molecular weight is 308 g/mol. The van der Waals surface area contributed by atoms with Crippen molar-refractivity contribution in [2.75, 3.05) is 25.4 Å². The number of amides is 1. The fraction of sp³-hybridized carbons (Fsp3) is 0.733. The molecule has 5 nitrogen and oxygen atoms in total. The molecule has 6 heteroatoms. The summed E-state index contributed by atoms with van der Waals surface area (Å²) in [5.41, 5.74) is -0.519. The Bertz CT molecular complexity index is 476. The van der Waals surface area contributed by atoms with E-state index in [1.165, 1.54) is 18.6 Å². The van der Waals surface area contributed by atoms with Gasteiger partial charge in [-0.15, -0.1) is 0 Å². The van der Waals surface area contributed by atoms with E-state index in [2.05, 4.69) is 22.7 Å². The first-order valence-corrected chi connectivity index (χ1v) is 8.76. The fourth-order valence-electron chi connectivity index (χ4n) is 3.33. The van der Waals surface area contributed by atoms with Gasteiger partial charge in [-0.25, -0.2) is 0 Å². The Kier molecular flexibility index (Phi) is 4.26. The van der Waals surface area contributed by atoms with E-state index < -0.39 is 5.54 Å². The van der Waals surface area contributed by atoms with E-state index in [1.807, 2.05) is 28.7 Å². The highest BCUT2D eigenvalue weighted by molar-refractivity contribution is 8.00. The van der Waals surface area contributed by atoms with Crippen LogP contribution < -0.4 is 10.6 Å². The summed E-state index contributed by atoms with van der Waals surface area (Å²) in [4.78, 5) is 12.9. The summed E-state index contributed by atoms with van der Waals surface area (Å²) in [7, 11) is 0. The molecule has 1 atom stereocenters. The third kappa shape index (κ3) is 2.97.